The lowest BCUT2D eigenvalue weighted by atomic mass is 10.1. The lowest BCUT2D eigenvalue weighted by Crippen LogP contribution is -2.11. The van der Waals surface area contributed by atoms with Crippen molar-refractivity contribution in [2.45, 2.75) is 6.18 Å². The van der Waals surface area contributed by atoms with Crippen molar-refractivity contribution < 1.29 is 35.6 Å². The summed E-state index contributed by atoms with van der Waals surface area (Å²) in [6, 6.07) is 2.11. The highest BCUT2D eigenvalue weighted by atomic mass is 19.4. The zero-order valence-electron chi connectivity index (χ0n) is 9.39. The molecule has 0 saturated heterocycles. The molecule has 0 bridgehead atoms. The fourth-order valence-corrected chi connectivity index (χ4v) is 1.55. The van der Waals surface area contributed by atoms with Crippen LogP contribution in [-0.4, -0.2) is 6.29 Å². The molecule has 8 heteroatoms. The molecule has 0 saturated carbocycles. The predicted molar refractivity (Wildman–Crippen MR) is 54.4 cm³/mol. The highest BCUT2D eigenvalue weighted by Crippen LogP contribution is 2.37. The number of benzene rings is 1. The summed E-state index contributed by atoms with van der Waals surface area (Å²) in [5.41, 5.74) is -2.89. The van der Waals surface area contributed by atoms with Crippen LogP contribution in [0.3, 0.4) is 0 Å². The minimum Gasteiger partial charge on any atom is -0.453 e. The van der Waals surface area contributed by atoms with Gasteiger partial charge in [0.2, 0.25) is 0 Å². The third kappa shape index (κ3) is 2.28. The van der Waals surface area contributed by atoms with Crippen molar-refractivity contribution in [2.24, 2.45) is 0 Å². The molecule has 2 rings (SSSR count). The van der Waals surface area contributed by atoms with Gasteiger partial charge in [-0.3, -0.25) is 4.79 Å². The number of carbonyl (C=O) groups is 1. The van der Waals surface area contributed by atoms with Gasteiger partial charge < -0.3 is 4.42 Å². The summed E-state index contributed by atoms with van der Waals surface area (Å²) in [6.07, 6.45) is -4.97. The smallest absolute Gasteiger partial charge is 0.419 e. The maximum Gasteiger partial charge on any atom is 0.419 e. The molecule has 0 radical (unpaired) electrons. The number of hydrogen-bond donors (Lipinski definition) is 0. The normalized spacial score (nSPS) is 11.7. The molecule has 2 nitrogen and oxygen atoms in total. The SMILES string of the molecule is O=Cc1ccc(-c2cc(C(F)(F)F)c(F)c(F)c2F)o1. The summed E-state index contributed by atoms with van der Waals surface area (Å²) in [4.78, 5) is 10.4. The average molecular weight is 294 g/mol. The van der Waals surface area contributed by atoms with E-state index in [1.54, 1.807) is 0 Å². The second kappa shape index (κ2) is 4.69. The standard InChI is InChI=1S/C12H4F6O2/c13-9-6(8-2-1-5(4-19)20-8)3-7(12(16,17)18)10(14)11(9)15/h1-4H. The molecule has 1 aromatic heterocycles. The molecule has 1 aromatic carbocycles. The number of rotatable bonds is 2. The van der Waals surface area contributed by atoms with Crippen LogP contribution in [0.25, 0.3) is 11.3 Å². The lowest BCUT2D eigenvalue weighted by Gasteiger charge is -2.11. The number of aldehydes is 1. The summed E-state index contributed by atoms with van der Waals surface area (Å²) in [5.74, 6) is -7.24. The van der Waals surface area contributed by atoms with Gasteiger partial charge in [-0.2, -0.15) is 13.2 Å². The van der Waals surface area contributed by atoms with Gasteiger partial charge in [-0.1, -0.05) is 0 Å². The van der Waals surface area contributed by atoms with E-state index in [4.69, 9.17) is 4.42 Å². The van der Waals surface area contributed by atoms with Crippen molar-refractivity contribution in [3.05, 3.63) is 47.0 Å². The van der Waals surface area contributed by atoms with Crippen LogP contribution in [0.1, 0.15) is 16.1 Å². The molecule has 0 atom stereocenters. The molecule has 0 N–H and O–H groups in total. The van der Waals surface area contributed by atoms with E-state index in [-0.39, 0.29) is 18.1 Å². The summed E-state index contributed by atoms with van der Waals surface area (Å²) in [5, 5.41) is 0. The Hall–Kier alpha value is -2.25. The number of alkyl halides is 3. The molecular weight excluding hydrogens is 290 g/mol. The Morgan fingerprint density at radius 3 is 2.15 bits per heavy atom. The predicted octanol–water partition coefficient (Wildman–Crippen LogP) is 4.20. The molecule has 0 aliphatic carbocycles. The van der Waals surface area contributed by atoms with E-state index in [1.807, 2.05) is 0 Å². The molecule has 2 aromatic rings. The maximum absolute atomic E-state index is 13.5. The second-order valence-corrected chi connectivity index (χ2v) is 3.73. The Morgan fingerprint density at radius 1 is 1.00 bits per heavy atom. The van der Waals surface area contributed by atoms with Crippen molar-refractivity contribution >= 4 is 6.29 Å². The van der Waals surface area contributed by atoms with Crippen LogP contribution in [0.2, 0.25) is 0 Å². The third-order valence-electron chi connectivity index (χ3n) is 2.46. The van der Waals surface area contributed by atoms with Crippen molar-refractivity contribution in [1.29, 1.82) is 0 Å². The summed E-state index contributed by atoms with van der Waals surface area (Å²) in [7, 11) is 0. The van der Waals surface area contributed by atoms with Crippen LogP contribution in [0.15, 0.2) is 22.6 Å². The van der Waals surface area contributed by atoms with E-state index in [0.717, 1.165) is 12.1 Å². The van der Waals surface area contributed by atoms with E-state index in [1.165, 1.54) is 0 Å². The third-order valence-corrected chi connectivity index (χ3v) is 2.46. The van der Waals surface area contributed by atoms with E-state index in [0.29, 0.717) is 0 Å². The van der Waals surface area contributed by atoms with E-state index in [2.05, 4.69) is 0 Å². The zero-order chi connectivity index (χ0) is 15.1. The first-order valence-electron chi connectivity index (χ1n) is 5.05. The van der Waals surface area contributed by atoms with Crippen molar-refractivity contribution in [2.75, 3.05) is 0 Å². The molecule has 20 heavy (non-hydrogen) atoms. The molecule has 1 heterocycles. The summed E-state index contributed by atoms with van der Waals surface area (Å²) < 4.78 is 82.0. The number of furan rings is 1. The van der Waals surface area contributed by atoms with Crippen LogP contribution in [0, 0.1) is 17.5 Å². The number of carbonyl (C=O) groups excluding carboxylic acids is 1. The maximum atomic E-state index is 13.5. The van der Waals surface area contributed by atoms with Crippen molar-refractivity contribution in [3.8, 4) is 11.3 Å². The quantitative estimate of drug-likeness (QED) is 0.472. The van der Waals surface area contributed by atoms with Gasteiger partial charge in [0, 0.05) is 0 Å². The molecular formula is C12H4F6O2. The molecule has 0 amide bonds. The first-order chi connectivity index (χ1) is 9.25. The van der Waals surface area contributed by atoms with E-state index >= 15 is 0 Å². The van der Waals surface area contributed by atoms with Crippen LogP contribution >= 0.6 is 0 Å². The molecule has 0 aliphatic rings. The van der Waals surface area contributed by atoms with E-state index in [9.17, 15) is 31.1 Å². The summed E-state index contributed by atoms with van der Waals surface area (Å²) >= 11 is 0. The van der Waals surface area contributed by atoms with E-state index < -0.39 is 40.5 Å². The topological polar surface area (TPSA) is 30.2 Å². The van der Waals surface area contributed by atoms with Crippen molar-refractivity contribution in [1.82, 2.24) is 0 Å². The average Bonchev–Trinajstić information content (AvgIpc) is 2.83. The Bertz CT molecular complexity index is 671. The Labute approximate surface area is 107 Å². The van der Waals surface area contributed by atoms with Crippen LogP contribution < -0.4 is 0 Å². The molecule has 0 fully saturated rings. The van der Waals surface area contributed by atoms with Crippen LogP contribution in [0.5, 0.6) is 0 Å². The molecule has 0 aliphatic heterocycles. The second-order valence-electron chi connectivity index (χ2n) is 3.73. The van der Waals surface area contributed by atoms with Gasteiger partial charge in [-0.25, -0.2) is 13.2 Å². The lowest BCUT2D eigenvalue weighted by molar-refractivity contribution is -0.140. The first-order valence-corrected chi connectivity index (χ1v) is 5.05. The van der Waals surface area contributed by atoms with Gasteiger partial charge in [-0.15, -0.1) is 0 Å². The molecule has 0 unspecified atom stereocenters. The fraction of sp³-hybridized carbons (Fsp3) is 0.0833. The summed E-state index contributed by atoms with van der Waals surface area (Å²) in [6.45, 7) is 0. The Morgan fingerprint density at radius 2 is 1.65 bits per heavy atom. The van der Waals surface area contributed by atoms with Crippen molar-refractivity contribution in [3.63, 3.8) is 0 Å². The van der Waals surface area contributed by atoms with Crippen LogP contribution in [0.4, 0.5) is 26.3 Å². The van der Waals surface area contributed by atoms with Gasteiger partial charge in [0.1, 0.15) is 5.76 Å². The van der Waals surface area contributed by atoms with Crippen LogP contribution in [-0.2, 0) is 6.18 Å². The minimum absolute atomic E-state index is 0.0845. The largest absolute Gasteiger partial charge is 0.453 e. The van der Waals surface area contributed by atoms with Gasteiger partial charge in [-0.05, 0) is 18.2 Å². The number of halogens is 6. The Kier molecular flexibility index (Phi) is 3.33. The van der Waals surface area contributed by atoms with Gasteiger partial charge in [0.05, 0.1) is 11.1 Å². The highest BCUT2D eigenvalue weighted by molar-refractivity contribution is 5.73. The van der Waals surface area contributed by atoms with Gasteiger partial charge >= 0.3 is 6.18 Å². The number of hydrogen-bond acceptors (Lipinski definition) is 2. The molecule has 106 valence electrons. The first kappa shape index (κ1) is 14.2. The molecule has 0 spiro atoms. The monoisotopic (exact) mass is 294 g/mol. The minimum atomic E-state index is -5.20. The van der Waals surface area contributed by atoms with Gasteiger partial charge in [0.25, 0.3) is 0 Å². The highest BCUT2D eigenvalue weighted by Gasteiger charge is 2.38. The van der Waals surface area contributed by atoms with Gasteiger partial charge in [0.15, 0.2) is 29.5 Å². The zero-order valence-corrected chi connectivity index (χ0v) is 9.39. The fourth-order valence-electron chi connectivity index (χ4n) is 1.55. The Balaban J connectivity index is 2.70.